The van der Waals surface area contributed by atoms with Crippen LogP contribution in [0, 0.1) is 0 Å². The van der Waals surface area contributed by atoms with Crippen molar-refractivity contribution in [2.45, 2.75) is 0 Å². The minimum absolute atomic E-state index is 0.323. The minimum atomic E-state index is -1.93. The Balaban J connectivity index is 3.82. The molecule has 0 bridgehead atoms. The van der Waals surface area contributed by atoms with Crippen molar-refractivity contribution in [1.29, 1.82) is 0 Å². The second kappa shape index (κ2) is 4.08. The Bertz CT molecular complexity index is 55.5. The van der Waals surface area contributed by atoms with Crippen LogP contribution in [0.2, 0.25) is 0 Å². The van der Waals surface area contributed by atoms with Gasteiger partial charge < -0.3 is 20.4 Å². The van der Waals surface area contributed by atoms with Crippen molar-refractivity contribution in [3.63, 3.8) is 0 Å². The maximum atomic E-state index is 8.53. The van der Waals surface area contributed by atoms with E-state index in [4.69, 9.17) is 20.4 Å². The minimum Gasteiger partial charge on any atom is -0.387 e. The molecule has 5 heteroatoms. The van der Waals surface area contributed by atoms with Crippen molar-refractivity contribution in [2.75, 3.05) is 23.8 Å². The van der Waals surface area contributed by atoms with Crippen LogP contribution in [0.4, 0.5) is 0 Å². The van der Waals surface area contributed by atoms with Crippen LogP contribution in [-0.4, -0.2) is 44.2 Å². The van der Waals surface area contributed by atoms with E-state index in [1.54, 1.807) is 0 Å². The summed E-state index contributed by atoms with van der Waals surface area (Å²) in [6, 6.07) is 0. The molecule has 0 amide bonds. The van der Waals surface area contributed by atoms with Crippen LogP contribution in [0.1, 0.15) is 0 Å². The van der Waals surface area contributed by atoms with Crippen LogP contribution in [0.25, 0.3) is 0 Å². The number of hydrogen-bond acceptors (Lipinski definition) is 4. The topological polar surface area (TPSA) is 80.9 Å². The molecular formula is C4H12O4S. The van der Waals surface area contributed by atoms with Crippen molar-refractivity contribution < 1.29 is 20.4 Å². The maximum Gasteiger partial charge on any atom is 0.0791 e. The Hall–Kier alpha value is 0.190. The summed E-state index contributed by atoms with van der Waals surface area (Å²) in [6.45, 7) is 0. The predicted molar refractivity (Wildman–Crippen MR) is 35.9 cm³/mol. The van der Waals surface area contributed by atoms with Gasteiger partial charge in [-0.3, -0.25) is 0 Å². The van der Waals surface area contributed by atoms with Gasteiger partial charge in [0, 0.05) is 0 Å². The summed E-state index contributed by atoms with van der Waals surface area (Å²) in [5.41, 5.74) is 0. The molecule has 0 aromatic heterocycles. The van der Waals surface area contributed by atoms with E-state index in [2.05, 4.69) is 0 Å². The normalized spacial score (nSPS) is 13.8. The van der Waals surface area contributed by atoms with Gasteiger partial charge in [0.25, 0.3) is 0 Å². The fourth-order valence-corrected chi connectivity index (χ4v) is 0.735. The lowest BCUT2D eigenvalue weighted by atomic mass is 11.6. The van der Waals surface area contributed by atoms with Gasteiger partial charge in [-0.2, -0.15) is 0 Å². The highest BCUT2D eigenvalue weighted by atomic mass is 32.3. The Labute approximate surface area is 55.1 Å². The van der Waals surface area contributed by atoms with Gasteiger partial charge in [-0.1, -0.05) is 0 Å². The monoisotopic (exact) mass is 156 g/mol. The molecular weight excluding hydrogens is 144 g/mol. The highest BCUT2D eigenvalue weighted by molar-refractivity contribution is 8.33. The van der Waals surface area contributed by atoms with Gasteiger partial charge in [0.15, 0.2) is 0 Å². The summed E-state index contributed by atoms with van der Waals surface area (Å²) in [6.07, 6.45) is 0. The Kier molecular flexibility index (Phi) is 4.16. The van der Waals surface area contributed by atoms with E-state index in [9.17, 15) is 0 Å². The molecule has 0 atom stereocenters. The first-order valence-electron chi connectivity index (χ1n) is 2.42. The summed E-state index contributed by atoms with van der Waals surface area (Å²) >= 11 is 0. The third kappa shape index (κ3) is 2.11. The molecule has 0 saturated carbocycles. The third-order valence-corrected chi connectivity index (χ3v) is 3.29. The lowest BCUT2D eigenvalue weighted by Gasteiger charge is -2.30. The second-order valence-corrected chi connectivity index (χ2v) is 5.22. The van der Waals surface area contributed by atoms with Gasteiger partial charge in [0.05, 0.1) is 23.8 Å². The maximum absolute atomic E-state index is 8.53. The van der Waals surface area contributed by atoms with Crippen molar-refractivity contribution >= 4 is 10.0 Å². The SMILES string of the molecule is OCS(CO)(CO)CO. The van der Waals surface area contributed by atoms with Gasteiger partial charge >= 0.3 is 0 Å². The summed E-state index contributed by atoms with van der Waals surface area (Å²) in [5, 5.41) is 34.1. The Morgan fingerprint density at radius 1 is 0.667 bits per heavy atom. The van der Waals surface area contributed by atoms with E-state index in [0.717, 1.165) is 0 Å². The fourth-order valence-electron chi connectivity index (χ4n) is 0.245. The average molecular weight is 156 g/mol. The highest BCUT2D eigenvalue weighted by Crippen LogP contribution is 2.42. The number of aliphatic hydroxyl groups is 4. The molecule has 0 aliphatic carbocycles. The largest absolute Gasteiger partial charge is 0.387 e. The van der Waals surface area contributed by atoms with Gasteiger partial charge in [0.2, 0.25) is 0 Å². The molecule has 0 aliphatic heterocycles. The molecule has 0 aliphatic rings. The summed E-state index contributed by atoms with van der Waals surface area (Å²) in [4.78, 5) is 0. The highest BCUT2D eigenvalue weighted by Gasteiger charge is 2.19. The molecule has 9 heavy (non-hydrogen) atoms. The van der Waals surface area contributed by atoms with E-state index >= 15 is 0 Å². The van der Waals surface area contributed by atoms with Crippen molar-refractivity contribution in [3.05, 3.63) is 0 Å². The third-order valence-electron chi connectivity index (χ3n) is 1.10. The molecule has 58 valence electrons. The first-order valence-corrected chi connectivity index (χ1v) is 4.73. The Morgan fingerprint density at radius 2 is 0.889 bits per heavy atom. The van der Waals surface area contributed by atoms with Crippen LogP contribution in [0.15, 0.2) is 0 Å². The van der Waals surface area contributed by atoms with Crippen molar-refractivity contribution in [3.8, 4) is 0 Å². The molecule has 4 nitrogen and oxygen atoms in total. The van der Waals surface area contributed by atoms with Gasteiger partial charge in [-0.25, -0.2) is 0 Å². The molecule has 0 rings (SSSR count). The fraction of sp³-hybridized carbons (Fsp3) is 1.00. The zero-order valence-electron chi connectivity index (χ0n) is 5.03. The van der Waals surface area contributed by atoms with Gasteiger partial charge in [-0.05, 0) is 0 Å². The zero-order chi connectivity index (χ0) is 7.33. The molecule has 0 spiro atoms. The molecule has 4 N–H and O–H groups in total. The molecule has 0 unspecified atom stereocenters. The second-order valence-electron chi connectivity index (χ2n) is 1.74. The molecule has 0 aromatic carbocycles. The van der Waals surface area contributed by atoms with Gasteiger partial charge in [-0.15, -0.1) is 10.0 Å². The van der Waals surface area contributed by atoms with E-state index in [1.807, 2.05) is 0 Å². The van der Waals surface area contributed by atoms with Crippen LogP contribution in [0.3, 0.4) is 0 Å². The van der Waals surface area contributed by atoms with E-state index in [-0.39, 0.29) is 23.8 Å². The van der Waals surface area contributed by atoms with Crippen LogP contribution in [0.5, 0.6) is 0 Å². The Morgan fingerprint density at radius 3 is 0.889 bits per heavy atom. The van der Waals surface area contributed by atoms with Crippen molar-refractivity contribution in [2.24, 2.45) is 0 Å². The lowest BCUT2D eigenvalue weighted by Crippen LogP contribution is -2.16. The quantitative estimate of drug-likeness (QED) is 0.403. The average Bonchev–Trinajstić information content (AvgIpc) is 1.95. The van der Waals surface area contributed by atoms with Crippen LogP contribution in [-0.2, 0) is 0 Å². The molecule has 0 aromatic rings. The standard InChI is InChI=1S/C4H12O4S/c5-1-9(2-6,3-7)4-8/h5-8H,1-4H2. The summed E-state index contributed by atoms with van der Waals surface area (Å²) < 4.78 is 0. The lowest BCUT2D eigenvalue weighted by molar-refractivity contribution is 0.300. The summed E-state index contributed by atoms with van der Waals surface area (Å²) in [7, 11) is -1.93. The smallest absolute Gasteiger partial charge is 0.0791 e. The predicted octanol–water partition coefficient (Wildman–Crippen LogP) is -1.41. The number of rotatable bonds is 4. The molecule has 0 radical (unpaired) electrons. The first-order chi connectivity index (χ1) is 4.24. The van der Waals surface area contributed by atoms with Crippen LogP contribution < -0.4 is 0 Å². The molecule has 0 fully saturated rings. The van der Waals surface area contributed by atoms with Gasteiger partial charge in [0.1, 0.15) is 0 Å². The van der Waals surface area contributed by atoms with E-state index in [0.29, 0.717) is 0 Å². The van der Waals surface area contributed by atoms with Crippen LogP contribution >= 0.6 is 10.0 Å². The van der Waals surface area contributed by atoms with Crippen molar-refractivity contribution in [1.82, 2.24) is 0 Å². The number of aliphatic hydroxyl groups excluding tert-OH is 4. The molecule has 0 saturated heterocycles. The number of hydrogen-bond donors (Lipinski definition) is 4. The van der Waals surface area contributed by atoms with E-state index < -0.39 is 10.0 Å². The van der Waals surface area contributed by atoms with E-state index in [1.165, 1.54) is 0 Å². The first kappa shape index (κ1) is 9.19. The zero-order valence-corrected chi connectivity index (χ0v) is 5.84. The molecule has 0 heterocycles. The summed E-state index contributed by atoms with van der Waals surface area (Å²) in [5.74, 6) is -1.29.